The highest BCUT2D eigenvalue weighted by Gasteiger charge is 2.21. The Balaban J connectivity index is 0.975. The van der Waals surface area contributed by atoms with Gasteiger partial charge in [0.05, 0.1) is 0 Å². The molecule has 0 radical (unpaired) electrons. The molecule has 0 aliphatic heterocycles. The van der Waals surface area contributed by atoms with Crippen LogP contribution in [0.2, 0.25) is 0 Å². The minimum atomic E-state index is 1.04. The molecule has 11 rings (SSSR count). The van der Waals surface area contributed by atoms with Crippen LogP contribution in [-0.4, -0.2) is 0 Å². The van der Waals surface area contributed by atoms with Gasteiger partial charge in [0.25, 0.3) is 0 Å². The molecule has 0 spiro atoms. The predicted octanol–water partition coefficient (Wildman–Crippen LogP) is 26.5. The minimum absolute atomic E-state index is 1.04. The summed E-state index contributed by atoms with van der Waals surface area (Å²) in [6.45, 7) is 18.3. The molecule has 2 nitrogen and oxygen atoms in total. The van der Waals surface area contributed by atoms with Gasteiger partial charge in [-0.25, -0.2) is 0 Å². The smallest absolute Gasteiger partial charge is 0.0464 e. The van der Waals surface area contributed by atoms with Crippen molar-refractivity contribution in [3.05, 3.63) is 287 Å². The van der Waals surface area contributed by atoms with Crippen LogP contribution in [0.5, 0.6) is 0 Å². The van der Waals surface area contributed by atoms with E-state index in [2.05, 4.69) is 308 Å². The lowest BCUT2D eigenvalue weighted by molar-refractivity contribution is 0.664. The summed E-state index contributed by atoms with van der Waals surface area (Å²) in [4.78, 5) is 4.89. The summed E-state index contributed by atoms with van der Waals surface area (Å²) in [6.07, 6.45) is 18.4. The van der Waals surface area contributed by atoms with Crippen molar-refractivity contribution in [2.24, 2.45) is 0 Å². The first-order valence-electron chi connectivity index (χ1n) is 34.9. The summed E-state index contributed by atoms with van der Waals surface area (Å²) in [5.41, 5.74) is 33.0. The van der Waals surface area contributed by atoms with Gasteiger partial charge in [0.15, 0.2) is 0 Å². The highest BCUT2D eigenvalue weighted by Crippen LogP contribution is 2.44. The fourth-order valence-corrected chi connectivity index (χ4v) is 13.5. The first kappa shape index (κ1) is 64.5. The van der Waals surface area contributed by atoms with Gasteiger partial charge in [-0.15, -0.1) is 0 Å². The number of nitrogens with zero attached hydrogens (tertiary/aromatic N) is 2. The molecule has 0 N–H and O–H groups in total. The molecule has 11 aromatic carbocycles. The van der Waals surface area contributed by atoms with Crippen molar-refractivity contribution in [2.45, 2.75) is 158 Å². The van der Waals surface area contributed by atoms with Crippen LogP contribution in [0.4, 0.5) is 34.1 Å². The number of benzene rings is 11. The molecule has 0 aliphatic rings. The van der Waals surface area contributed by atoms with Crippen molar-refractivity contribution < 1.29 is 0 Å². The molecule has 0 aliphatic carbocycles. The Morgan fingerprint density at radius 2 is 0.478 bits per heavy atom. The number of anilines is 6. The van der Waals surface area contributed by atoms with Crippen LogP contribution >= 0.6 is 0 Å². The average Bonchev–Trinajstić information content (AvgIpc) is 0.821. The lowest BCUT2D eigenvalue weighted by Crippen LogP contribution is -2.10. The van der Waals surface area contributed by atoms with Gasteiger partial charge in [-0.2, -0.15) is 0 Å². The average molecular weight is 1210 g/mol. The molecule has 0 unspecified atom stereocenters. The summed E-state index contributed by atoms with van der Waals surface area (Å²) >= 11 is 0. The van der Waals surface area contributed by atoms with Crippen LogP contribution < -0.4 is 9.80 Å². The molecule has 466 valence electrons. The van der Waals surface area contributed by atoms with Crippen LogP contribution in [0, 0.1) is 13.8 Å². The second kappa shape index (κ2) is 31.4. The molecule has 0 amide bonds. The van der Waals surface area contributed by atoms with E-state index in [1.807, 2.05) is 0 Å². The third kappa shape index (κ3) is 15.5. The molecule has 0 saturated heterocycles. The molecule has 0 heterocycles. The van der Waals surface area contributed by atoms with Gasteiger partial charge in [0, 0.05) is 34.1 Å². The van der Waals surface area contributed by atoms with Gasteiger partial charge in [-0.05, 0) is 249 Å². The van der Waals surface area contributed by atoms with E-state index in [-0.39, 0.29) is 0 Å². The van der Waals surface area contributed by atoms with E-state index < -0.39 is 0 Å². The predicted molar refractivity (Wildman–Crippen MR) is 400 cm³/mol. The number of rotatable bonds is 28. The molecule has 92 heavy (non-hydrogen) atoms. The van der Waals surface area contributed by atoms with Crippen molar-refractivity contribution in [1.82, 2.24) is 0 Å². The molecule has 0 bridgehead atoms. The topological polar surface area (TPSA) is 6.48 Å². The highest BCUT2D eigenvalue weighted by atomic mass is 15.1. The second-order valence-electron chi connectivity index (χ2n) is 25.6. The zero-order valence-electron chi connectivity index (χ0n) is 56.3. The van der Waals surface area contributed by atoms with E-state index in [1.54, 1.807) is 0 Å². The third-order valence-corrected chi connectivity index (χ3v) is 19.0. The Morgan fingerprint density at radius 3 is 0.728 bits per heavy atom. The zero-order chi connectivity index (χ0) is 63.8. The number of unbranched alkanes of at least 4 members (excludes halogenated alkanes) is 6. The van der Waals surface area contributed by atoms with Crippen molar-refractivity contribution in [3.63, 3.8) is 0 Å². The third-order valence-electron chi connectivity index (χ3n) is 19.0. The highest BCUT2D eigenvalue weighted by molar-refractivity contribution is 5.87. The Morgan fingerprint density at radius 1 is 0.217 bits per heavy atom. The first-order chi connectivity index (χ1) is 45.1. The lowest BCUT2D eigenvalue weighted by atomic mass is 9.84. The summed E-state index contributed by atoms with van der Waals surface area (Å²) in [5.74, 6) is 0. The van der Waals surface area contributed by atoms with Crippen molar-refractivity contribution in [2.75, 3.05) is 9.80 Å². The van der Waals surface area contributed by atoms with Crippen LogP contribution in [-0.2, 0) is 38.5 Å². The van der Waals surface area contributed by atoms with Crippen molar-refractivity contribution in [1.29, 1.82) is 0 Å². The summed E-state index contributed by atoms with van der Waals surface area (Å²) < 4.78 is 0. The minimum Gasteiger partial charge on any atom is -0.310 e. The molecule has 11 aromatic rings. The monoisotopic (exact) mass is 1200 g/mol. The molecule has 0 atom stereocenters. The van der Waals surface area contributed by atoms with Crippen LogP contribution in [0.3, 0.4) is 0 Å². The normalized spacial score (nSPS) is 11.3. The molecule has 2 heteroatoms. The van der Waals surface area contributed by atoms with Gasteiger partial charge < -0.3 is 9.80 Å². The molecule has 0 aromatic heterocycles. The maximum atomic E-state index is 2.62. The Hall–Kier alpha value is -8.98. The van der Waals surface area contributed by atoms with E-state index in [0.717, 1.165) is 98.3 Å². The van der Waals surface area contributed by atoms with Gasteiger partial charge >= 0.3 is 0 Å². The van der Waals surface area contributed by atoms with E-state index in [1.165, 1.54) is 150 Å². The van der Waals surface area contributed by atoms with E-state index in [0.29, 0.717) is 0 Å². The SMILES string of the molecule is CCCCCCc1cc(-c2ccc(N(c3ccc(-c4ccc(CC)cc4)cc3)c3ccc(-c4ccc(CCC)cc4)cc3)cc2C)c(CCCCCC)cc1-c1ccc(N(c2ccc(-c3ccc(CC)cc3)cc2)c2ccc(-c3ccc(CCC)cc3)cc2)cc1C. The number of hydrogen-bond donors (Lipinski definition) is 0. The lowest BCUT2D eigenvalue weighted by Gasteiger charge is -2.28. The van der Waals surface area contributed by atoms with Crippen molar-refractivity contribution >= 4 is 34.1 Å². The zero-order valence-corrected chi connectivity index (χ0v) is 56.3. The summed E-state index contributed by atoms with van der Waals surface area (Å²) in [6, 6.07) is 92.8. The maximum Gasteiger partial charge on any atom is 0.0464 e. The van der Waals surface area contributed by atoms with Gasteiger partial charge in [0.2, 0.25) is 0 Å². The van der Waals surface area contributed by atoms with Crippen LogP contribution in [0.1, 0.15) is 150 Å². The van der Waals surface area contributed by atoms with E-state index >= 15 is 0 Å². The van der Waals surface area contributed by atoms with Gasteiger partial charge in [-0.3, -0.25) is 0 Å². The second-order valence-corrected chi connectivity index (χ2v) is 25.6. The Bertz CT molecular complexity index is 3840. The number of hydrogen-bond acceptors (Lipinski definition) is 2. The van der Waals surface area contributed by atoms with Crippen LogP contribution in [0.25, 0.3) is 66.8 Å². The number of aryl methyl sites for hydroxylation is 8. The van der Waals surface area contributed by atoms with Gasteiger partial charge in [0.1, 0.15) is 0 Å². The molecule has 0 saturated carbocycles. The Labute approximate surface area is 552 Å². The largest absolute Gasteiger partial charge is 0.310 e. The van der Waals surface area contributed by atoms with E-state index in [4.69, 9.17) is 0 Å². The quantitative estimate of drug-likeness (QED) is 0.0451. The maximum absolute atomic E-state index is 2.62. The van der Waals surface area contributed by atoms with E-state index in [9.17, 15) is 0 Å². The fourth-order valence-electron chi connectivity index (χ4n) is 13.5. The van der Waals surface area contributed by atoms with Crippen LogP contribution in [0.15, 0.2) is 243 Å². The Kier molecular flexibility index (Phi) is 22.0. The van der Waals surface area contributed by atoms with Gasteiger partial charge in [-0.1, -0.05) is 263 Å². The van der Waals surface area contributed by atoms with Crippen molar-refractivity contribution in [3.8, 4) is 66.8 Å². The fraction of sp³-hybridized carbons (Fsp3) is 0.267. The molecular weight excluding hydrogens is 1110 g/mol. The summed E-state index contributed by atoms with van der Waals surface area (Å²) in [7, 11) is 0. The first-order valence-corrected chi connectivity index (χ1v) is 34.9. The summed E-state index contributed by atoms with van der Waals surface area (Å²) in [5, 5.41) is 0. The molecule has 0 fully saturated rings. The standard InChI is InChI=1S/C90H96N2/c1-9-15-17-19-23-79-63-90(88-60-58-86(62-66(88)8)92(82-51-43-76(44-52-82)72-35-27-68(14-6)28-36-72)84-55-47-78(48-56-84)74-39-31-70(22-12-4)32-40-74)80(24-20-18-16-10-2)64-89(79)87-59-57-85(61-65(87)7)91(81-49-41-75(42-50-81)71-33-25-67(13-5)26-34-71)83-53-45-77(46-54-83)73-37-29-69(21-11-3)30-38-73/h25-64H,9-24H2,1-8H3. The molecular formula is C90H96N2.